The van der Waals surface area contributed by atoms with Crippen LogP contribution in [0.5, 0.6) is 0 Å². The predicted octanol–water partition coefficient (Wildman–Crippen LogP) is 2.16. The van der Waals surface area contributed by atoms with E-state index >= 15 is 0 Å². The number of amides is 1. The molecule has 16 heavy (non-hydrogen) atoms. The number of rotatable bonds is 4. The molecular weight excluding hydrogens is 219 g/mol. The molecule has 0 aliphatic rings. The van der Waals surface area contributed by atoms with Crippen molar-refractivity contribution in [3.05, 3.63) is 35.1 Å². The molecular formula is C11H12F3NO. The number of nitrogens with two attached hydrogens (primary N) is 1. The summed E-state index contributed by atoms with van der Waals surface area (Å²) in [5.74, 6) is -4.47. The van der Waals surface area contributed by atoms with E-state index in [1.165, 1.54) is 0 Å². The van der Waals surface area contributed by atoms with Gasteiger partial charge in [0.15, 0.2) is 11.6 Å². The Morgan fingerprint density at radius 1 is 1.38 bits per heavy atom. The van der Waals surface area contributed by atoms with E-state index in [1.807, 2.05) is 0 Å². The third-order valence-corrected chi connectivity index (χ3v) is 2.43. The number of primary amides is 1. The van der Waals surface area contributed by atoms with Crippen molar-refractivity contribution in [1.29, 1.82) is 0 Å². The molecule has 1 aromatic rings. The van der Waals surface area contributed by atoms with Gasteiger partial charge in [0, 0.05) is 12.0 Å². The third kappa shape index (κ3) is 2.74. The van der Waals surface area contributed by atoms with Crippen LogP contribution in [0, 0.1) is 23.4 Å². The molecule has 1 aromatic carbocycles. The minimum atomic E-state index is -1.26. The van der Waals surface area contributed by atoms with Crippen LogP contribution in [0.2, 0.25) is 0 Å². The molecule has 0 bridgehead atoms. The lowest BCUT2D eigenvalue weighted by Gasteiger charge is -2.11. The van der Waals surface area contributed by atoms with E-state index in [-0.39, 0.29) is 12.0 Å². The van der Waals surface area contributed by atoms with Crippen LogP contribution in [0.1, 0.15) is 18.9 Å². The highest BCUT2D eigenvalue weighted by molar-refractivity contribution is 5.76. The summed E-state index contributed by atoms with van der Waals surface area (Å²) in [5, 5.41) is 0. The molecule has 2 nitrogen and oxygen atoms in total. The molecule has 1 atom stereocenters. The van der Waals surface area contributed by atoms with Gasteiger partial charge in [0.1, 0.15) is 5.82 Å². The normalized spacial score (nSPS) is 12.5. The minimum absolute atomic E-state index is 0.0909. The van der Waals surface area contributed by atoms with E-state index in [4.69, 9.17) is 5.73 Å². The van der Waals surface area contributed by atoms with Crippen LogP contribution < -0.4 is 5.73 Å². The number of carbonyl (C=O) groups excluding carboxylic acids is 1. The second kappa shape index (κ2) is 5.01. The van der Waals surface area contributed by atoms with Gasteiger partial charge in [-0.1, -0.05) is 6.92 Å². The Hall–Kier alpha value is -1.52. The van der Waals surface area contributed by atoms with E-state index in [0.29, 0.717) is 12.5 Å². The summed E-state index contributed by atoms with van der Waals surface area (Å²) >= 11 is 0. The number of hydrogen-bond acceptors (Lipinski definition) is 1. The quantitative estimate of drug-likeness (QED) is 0.793. The topological polar surface area (TPSA) is 43.1 Å². The Kier molecular flexibility index (Phi) is 3.93. The van der Waals surface area contributed by atoms with E-state index in [2.05, 4.69) is 0 Å². The first kappa shape index (κ1) is 12.5. The monoisotopic (exact) mass is 231 g/mol. The molecule has 1 unspecified atom stereocenters. The van der Waals surface area contributed by atoms with Crippen molar-refractivity contribution < 1.29 is 18.0 Å². The Labute approximate surface area is 91.3 Å². The number of benzene rings is 1. The summed E-state index contributed by atoms with van der Waals surface area (Å²) in [7, 11) is 0. The summed E-state index contributed by atoms with van der Waals surface area (Å²) in [6.45, 7) is 1.70. The van der Waals surface area contributed by atoms with Crippen LogP contribution in [0.4, 0.5) is 13.2 Å². The summed E-state index contributed by atoms with van der Waals surface area (Å²) in [5.41, 5.74) is 4.91. The van der Waals surface area contributed by atoms with Crippen molar-refractivity contribution in [1.82, 2.24) is 0 Å². The largest absolute Gasteiger partial charge is 0.369 e. The molecule has 0 spiro atoms. The summed E-state index contributed by atoms with van der Waals surface area (Å²) in [6.07, 6.45) is 0.305. The van der Waals surface area contributed by atoms with Crippen molar-refractivity contribution in [2.45, 2.75) is 19.8 Å². The molecule has 5 heteroatoms. The Morgan fingerprint density at radius 2 is 2.00 bits per heavy atom. The average Bonchev–Trinajstić information content (AvgIpc) is 2.20. The van der Waals surface area contributed by atoms with Crippen molar-refractivity contribution in [2.24, 2.45) is 11.7 Å². The van der Waals surface area contributed by atoms with Crippen LogP contribution in [0.3, 0.4) is 0 Å². The SMILES string of the molecule is CCC(Cc1cc(F)cc(F)c1F)C(N)=O. The molecule has 0 saturated heterocycles. The average molecular weight is 231 g/mol. The first-order valence-corrected chi connectivity index (χ1v) is 4.88. The molecule has 0 aromatic heterocycles. The van der Waals surface area contributed by atoms with Gasteiger partial charge < -0.3 is 5.73 Å². The van der Waals surface area contributed by atoms with Gasteiger partial charge in [-0.25, -0.2) is 13.2 Å². The zero-order valence-corrected chi connectivity index (χ0v) is 8.77. The van der Waals surface area contributed by atoms with Gasteiger partial charge in [-0.05, 0) is 24.5 Å². The first-order chi connectivity index (χ1) is 7.45. The molecule has 0 radical (unpaired) electrons. The highest BCUT2D eigenvalue weighted by Gasteiger charge is 2.18. The zero-order chi connectivity index (χ0) is 12.3. The van der Waals surface area contributed by atoms with Gasteiger partial charge in [0.05, 0.1) is 0 Å². The van der Waals surface area contributed by atoms with Gasteiger partial charge in [0.25, 0.3) is 0 Å². The molecule has 0 fully saturated rings. The Bertz CT molecular complexity index is 406. The van der Waals surface area contributed by atoms with Crippen LogP contribution in [0.25, 0.3) is 0 Å². The lowest BCUT2D eigenvalue weighted by atomic mass is 9.96. The highest BCUT2D eigenvalue weighted by Crippen LogP contribution is 2.19. The number of hydrogen-bond donors (Lipinski definition) is 1. The van der Waals surface area contributed by atoms with E-state index in [0.717, 1.165) is 6.07 Å². The minimum Gasteiger partial charge on any atom is -0.369 e. The standard InChI is InChI=1S/C11H12F3NO/c1-2-6(11(15)16)3-7-4-8(12)5-9(13)10(7)14/h4-6H,2-3H2,1H3,(H2,15,16). The van der Waals surface area contributed by atoms with E-state index in [1.54, 1.807) is 6.92 Å². The maximum atomic E-state index is 13.2. The third-order valence-electron chi connectivity index (χ3n) is 2.43. The van der Waals surface area contributed by atoms with E-state index in [9.17, 15) is 18.0 Å². The van der Waals surface area contributed by atoms with Gasteiger partial charge in [-0.3, -0.25) is 4.79 Å². The Balaban J connectivity index is 3.00. The Morgan fingerprint density at radius 3 is 2.50 bits per heavy atom. The molecule has 1 amide bonds. The zero-order valence-electron chi connectivity index (χ0n) is 8.77. The summed E-state index contributed by atoms with van der Waals surface area (Å²) in [6, 6.07) is 1.34. The maximum Gasteiger partial charge on any atom is 0.220 e. The number of carbonyl (C=O) groups is 1. The van der Waals surface area contributed by atoms with Crippen molar-refractivity contribution in [3.8, 4) is 0 Å². The van der Waals surface area contributed by atoms with Crippen molar-refractivity contribution >= 4 is 5.91 Å². The van der Waals surface area contributed by atoms with Crippen LogP contribution in [-0.2, 0) is 11.2 Å². The van der Waals surface area contributed by atoms with Gasteiger partial charge >= 0.3 is 0 Å². The summed E-state index contributed by atoms with van der Waals surface area (Å²) in [4.78, 5) is 10.9. The second-order valence-electron chi connectivity index (χ2n) is 3.57. The fraction of sp³-hybridized carbons (Fsp3) is 0.364. The molecule has 0 aliphatic carbocycles. The summed E-state index contributed by atoms with van der Waals surface area (Å²) < 4.78 is 39.0. The lowest BCUT2D eigenvalue weighted by Crippen LogP contribution is -2.25. The molecule has 0 saturated carbocycles. The smallest absolute Gasteiger partial charge is 0.220 e. The molecule has 88 valence electrons. The highest BCUT2D eigenvalue weighted by atomic mass is 19.2. The molecule has 2 N–H and O–H groups in total. The van der Waals surface area contributed by atoms with Gasteiger partial charge in [-0.2, -0.15) is 0 Å². The van der Waals surface area contributed by atoms with Crippen molar-refractivity contribution in [3.63, 3.8) is 0 Å². The van der Waals surface area contributed by atoms with Gasteiger partial charge in [-0.15, -0.1) is 0 Å². The second-order valence-corrected chi connectivity index (χ2v) is 3.57. The van der Waals surface area contributed by atoms with Crippen LogP contribution >= 0.6 is 0 Å². The first-order valence-electron chi connectivity index (χ1n) is 4.88. The fourth-order valence-electron chi connectivity index (χ4n) is 1.47. The number of halogens is 3. The van der Waals surface area contributed by atoms with Gasteiger partial charge in [0.2, 0.25) is 5.91 Å². The van der Waals surface area contributed by atoms with Crippen molar-refractivity contribution in [2.75, 3.05) is 0 Å². The predicted molar refractivity (Wildman–Crippen MR) is 53.0 cm³/mol. The molecule has 0 heterocycles. The maximum absolute atomic E-state index is 13.2. The fourth-order valence-corrected chi connectivity index (χ4v) is 1.47. The van der Waals surface area contributed by atoms with E-state index < -0.39 is 29.3 Å². The molecule has 0 aliphatic heterocycles. The molecule has 1 rings (SSSR count). The lowest BCUT2D eigenvalue weighted by molar-refractivity contribution is -0.121. The van der Waals surface area contributed by atoms with Crippen LogP contribution in [-0.4, -0.2) is 5.91 Å². The van der Waals surface area contributed by atoms with Crippen LogP contribution in [0.15, 0.2) is 12.1 Å².